The van der Waals surface area contributed by atoms with E-state index in [9.17, 15) is 4.39 Å². The number of nitrogens with two attached hydrogens (primary N) is 1. The summed E-state index contributed by atoms with van der Waals surface area (Å²) in [7, 11) is 1.87. The van der Waals surface area contributed by atoms with Crippen LogP contribution in [0, 0.1) is 5.82 Å². The van der Waals surface area contributed by atoms with Crippen LogP contribution < -0.4 is 10.6 Å². The maximum Gasteiger partial charge on any atom is 0.146 e. The van der Waals surface area contributed by atoms with Crippen LogP contribution in [-0.2, 0) is 6.54 Å². The Morgan fingerprint density at radius 2 is 1.57 bits per heavy atom. The molecule has 3 aromatic carbocycles. The molecule has 0 aliphatic rings. The number of fused-ring (bicyclic) bond motifs is 1. The maximum absolute atomic E-state index is 13.8. The number of hydrogen-bond donors (Lipinski definition) is 1. The number of benzene rings is 3. The minimum absolute atomic E-state index is 0.223. The Kier molecular flexibility index (Phi) is 3.48. The van der Waals surface area contributed by atoms with Gasteiger partial charge in [-0.15, -0.1) is 0 Å². The molecule has 0 aromatic heterocycles. The van der Waals surface area contributed by atoms with Gasteiger partial charge in [-0.3, -0.25) is 0 Å². The van der Waals surface area contributed by atoms with Crippen molar-refractivity contribution >= 4 is 22.1 Å². The number of hydrogen-bond acceptors (Lipinski definition) is 2. The summed E-state index contributed by atoms with van der Waals surface area (Å²) in [5.74, 6) is -0.223. The largest absolute Gasteiger partial charge is 0.398 e. The van der Waals surface area contributed by atoms with Crippen LogP contribution in [-0.4, -0.2) is 7.05 Å². The average molecular weight is 280 g/mol. The number of halogens is 1. The summed E-state index contributed by atoms with van der Waals surface area (Å²) >= 11 is 0. The summed E-state index contributed by atoms with van der Waals surface area (Å²) < 4.78 is 13.8. The third-order valence-electron chi connectivity index (χ3n) is 3.68. The maximum atomic E-state index is 13.8. The third kappa shape index (κ3) is 2.68. The Morgan fingerprint density at radius 3 is 2.29 bits per heavy atom. The molecule has 0 saturated carbocycles. The number of nitrogen functional groups attached to an aromatic ring is 1. The molecule has 0 spiro atoms. The highest BCUT2D eigenvalue weighted by Crippen LogP contribution is 2.25. The second-order valence-electron chi connectivity index (χ2n) is 5.21. The fraction of sp³-hybridized carbons (Fsp3) is 0.111. The second kappa shape index (κ2) is 5.44. The molecule has 0 atom stereocenters. The lowest BCUT2D eigenvalue weighted by Crippen LogP contribution is -2.18. The molecule has 0 amide bonds. The molecule has 0 fully saturated rings. The van der Waals surface area contributed by atoms with Gasteiger partial charge in [0, 0.05) is 19.3 Å². The van der Waals surface area contributed by atoms with E-state index in [1.807, 2.05) is 42.3 Å². The van der Waals surface area contributed by atoms with Gasteiger partial charge in [-0.05, 0) is 40.6 Å². The van der Waals surface area contributed by atoms with Gasteiger partial charge in [-0.1, -0.05) is 36.4 Å². The van der Waals surface area contributed by atoms with Crippen LogP contribution in [0.1, 0.15) is 5.56 Å². The lowest BCUT2D eigenvalue weighted by atomic mass is 10.0. The number of rotatable bonds is 3. The molecule has 0 unspecified atom stereocenters. The molecule has 3 heteroatoms. The van der Waals surface area contributed by atoms with Crippen LogP contribution >= 0.6 is 0 Å². The van der Waals surface area contributed by atoms with Crippen LogP contribution in [0.2, 0.25) is 0 Å². The van der Waals surface area contributed by atoms with Crippen molar-refractivity contribution in [1.29, 1.82) is 0 Å². The molecule has 106 valence electrons. The molecule has 0 bridgehead atoms. The van der Waals surface area contributed by atoms with Crippen molar-refractivity contribution in [2.75, 3.05) is 17.7 Å². The van der Waals surface area contributed by atoms with Crippen molar-refractivity contribution in [2.45, 2.75) is 6.54 Å². The smallest absolute Gasteiger partial charge is 0.146 e. The van der Waals surface area contributed by atoms with E-state index in [-0.39, 0.29) is 5.82 Å². The van der Waals surface area contributed by atoms with Crippen LogP contribution in [0.5, 0.6) is 0 Å². The fourth-order valence-electron chi connectivity index (χ4n) is 2.54. The summed E-state index contributed by atoms with van der Waals surface area (Å²) in [4.78, 5) is 1.87. The first-order valence-electron chi connectivity index (χ1n) is 6.88. The Morgan fingerprint density at radius 1 is 0.952 bits per heavy atom. The summed E-state index contributed by atoms with van der Waals surface area (Å²) in [5.41, 5.74) is 8.44. The number of anilines is 2. The van der Waals surface area contributed by atoms with Crippen LogP contribution in [0.3, 0.4) is 0 Å². The van der Waals surface area contributed by atoms with Crippen LogP contribution in [0.4, 0.5) is 15.8 Å². The Labute approximate surface area is 123 Å². The summed E-state index contributed by atoms with van der Waals surface area (Å²) in [6, 6.07) is 18.9. The first-order chi connectivity index (χ1) is 10.1. The Hall–Kier alpha value is -2.55. The molecule has 0 saturated heterocycles. The summed E-state index contributed by atoms with van der Waals surface area (Å²) in [5, 5.41) is 2.26. The predicted molar refractivity (Wildman–Crippen MR) is 86.9 cm³/mol. The van der Waals surface area contributed by atoms with Gasteiger partial charge in [0.05, 0.1) is 5.69 Å². The van der Waals surface area contributed by atoms with Gasteiger partial charge in [-0.25, -0.2) is 4.39 Å². The van der Waals surface area contributed by atoms with Crippen molar-refractivity contribution in [3.05, 3.63) is 72.0 Å². The minimum Gasteiger partial charge on any atom is -0.398 e. The molecule has 0 aliphatic heterocycles. The summed E-state index contributed by atoms with van der Waals surface area (Å²) in [6.07, 6.45) is 0. The van der Waals surface area contributed by atoms with Gasteiger partial charge >= 0.3 is 0 Å². The van der Waals surface area contributed by atoms with Crippen molar-refractivity contribution < 1.29 is 4.39 Å². The molecule has 0 aliphatic carbocycles. The lowest BCUT2D eigenvalue weighted by Gasteiger charge is -2.21. The quantitative estimate of drug-likeness (QED) is 0.729. The molecule has 21 heavy (non-hydrogen) atoms. The van der Waals surface area contributed by atoms with E-state index in [1.54, 1.807) is 12.1 Å². The molecule has 3 aromatic rings. The van der Waals surface area contributed by atoms with Gasteiger partial charge in [0.1, 0.15) is 5.82 Å². The molecule has 3 rings (SSSR count). The van der Waals surface area contributed by atoms with Crippen LogP contribution in [0.15, 0.2) is 60.7 Å². The van der Waals surface area contributed by atoms with Crippen molar-refractivity contribution in [1.82, 2.24) is 0 Å². The SMILES string of the molecule is CN(Cc1cc2ccccc2cc1N)c1ccccc1F. The molecule has 0 heterocycles. The predicted octanol–water partition coefficient (Wildman–Crippen LogP) is 4.20. The minimum atomic E-state index is -0.223. The highest BCUT2D eigenvalue weighted by Gasteiger charge is 2.09. The highest BCUT2D eigenvalue weighted by molar-refractivity contribution is 5.86. The fourth-order valence-corrected chi connectivity index (χ4v) is 2.54. The Balaban J connectivity index is 1.94. The van der Waals surface area contributed by atoms with Crippen molar-refractivity contribution in [3.8, 4) is 0 Å². The van der Waals surface area contributed by atoms with E-state index in [0.29, 0.717) is 12.2 Å². The first-order valence-corrected chi connectivity index (χ1v) is 6.88. The highest BCUT2D eigenvalue weighted by atomic mass is 19.1. The number of nitrogens with zero attached hydrogens (tertiary/aromatic N) is 1. The summed E-state index contributed by atoms with van der Waals surface area (Å²) in [6.45, 7) is 0.567. The van der Waals surface area contributed by atoms with E-state index in [2.05, 4.69) is 12.1 Å². The van der Waals surface area contributed by atoms with E-state index in [1.165, 1.54) is 6.07 Å². The normalized spacial score (nSPS) is 10.8. The number of para-hydroxylation sites is 1. The zero-order valence-electron chi connectivity index (χ0n) is 11.9. The van der Waals surface area contributed by atoms with E-state index >= 15 is 0 Å². The van der Waals surface area contributed by atoms with E-state index in [0.717, 1.165) is 22.0 Å². The molecule has 0 radical (unpaired) electrons. The standard InChI is InChI=1S/C18H17FN2/c1-21(18-9-5-4-8-16(18)19)12-15-10-13-6-2-3-7-14(13)11-17(15)20/h2-11H,12,20H2,1H3. The van der Waals surface area contributed by atoms with Crippen molar-refractivity contribution in [2.24, 2.45) is 0 Å². The topological polar surface area (TPSA) is 29.3 Å². The van der Waals surface area contributed by atoms with E-state index in [4.69, 9.17) is 5.73 Å². The van der Waals surface area contributed by atoms with Crippen LogP contribution in [0.25, 0.3) is 10.8 Å². The molecule has 2 N–H and O–H groups in total. The molecular weight excluding hydrogens is 263 g/mol. The zero-order valence-corrected chi connectivity index (χ0v) is 11.9. The van der Waals surface area contributed by atoms with Gasteiger partial charge in [0.25, 0.3) is 0 Å². The first kappa shape index (κ1) is 13.4. The van der Waals surface area contributed by atoms with Gasteiger partial charge in [0.2, 0.25) is 0 Å². The monoisotopic (exact) mass is 280 g/mol. The Bertz CT molecular complexity index is 783. The third-order valence-corrected chi connectivity index (χ3v) is 3.68. The zero-order chi connectivity index (χ0) is 14.8. The van der Waals surface area contributed by atoms with Gasteiger partial charge in [0.15, 0.2) is 0 Å². The molecule has 2 nitrogen and oxygen atoms in total. The lowest BCUT2D eigenvalue weighted by molar-refractivity contribution is 0.622. The van der Waals surface area contributed by atoms with Crippen molar-refractivity contribution in [3.63, 3.8) is 0 Å². The van der Waals surface area contributed by atoms with E-state index < -0.39 is 0 Å². The average Bonchev–Trinajstić information content (AvgIpc) is 2.48. The van der Waals surface area contributed by atoms with Gasteiger partial charge in [-0.2, -0.15) is 0 Å². The second-order valence-corrected chi connectivity index (χ2v) is 5.21. The van der Waals surface area contributed by atoms with Gasteiger partial charge < -0.3 is 10.6 Å². The molecular formula is C18H17FN2.